The summed E-state index contributed by atoms with van der Waals surface area (Å²) in [5.74, 6) is 0.800. The second-order valence-corrected chi connectivity index (χ2v) is 5.12. The van der Waals surface area contributed by atoms with Crippen LogP contribution in [-0.2, 0) is 13.5 Å². The number of carbonyl (C=O) groups is 1. The molecule has 0 spiro atoms. The van der Waals surface area contributed by atoms with Gasteiger partial charge in [-0.05, 0) is 40.8 Å². The summed E-state index contributed by atoms with van der Waals surface area (Å²) in [6.45, 7) is 0.552. The number of rotatable bonds is 4. The normalized spacial score (nSPS) is 10.3. The first-order valence-electron chi connectivity index (χ1n) is 5.53. The minimum absolute atomic E-state index is 0.0596. The van der Waals surface area contributed by atoms with E-state index in [1.165, 1.54) is 0 Å². The van der Waals surface area contributed by atoms with Crippen LogP contribution in [0.1, 0.15) is 16.2 Å². The van der Waals surface area contributed by atoms with Crippen LogP contribution in [-0.4, -0.2) is 27.2 Å². The van der Waals surface area contributed by atoms with Crippen molar-refractivity contribution in [1.29, 1.82) is 0 Å². The number of amides is 1. The van der Waals surface area contributed by atoms with Gasteiger partial charge in [0, 0.05) is 29.1 Å². The topological polar surface area (TPSA) is 59.8 Å². The largest absolute Gasteiger partial charge is 0.352 e. The highest BCUT2D eigenvalue weighted by molar-refractivity contribution is 14.1. The van der Waals surface area contributed by atoms with Crippen LogP contribution in [0.2, 0.25) is 0 Å². The first kappa shape index (κ1) is 13.0. The number of hydrogen-bond donors (Lipinski definition) is 1. The zero-order valence-electron chi connectivity index (χ0n) is 9.93. The van der Waals surface area contributed by atoms with E-state index in [9.17, 15) is 4.79 Å². The summed E-state index contributed by atoms with van der Waals surface area (Å²) in [6.07, 6.45) is 2.32. The molecular formula is C12H13IN4O. The number of carbonyl (C=O) groups excluding carboxylic acids is 1. The van der Waals surface area contributed by atoms with Crippen LogP contribution < -0.4 is 5.32 Å². The fraction of sp³-hybridized carbons (Fsp3) is 0.250. The second kappa shape index (κ2) is 5.94. The Bertz CT molecular complexity index is 553. The van der Waals surface area contributed by atoms with Crippen molar-refractivity contribution in [2.75, 3.05) is 6.54 Å². The van der Waals surface area contributed by atoms with Gasteiger partial charge in [-0.15, -0.1) is 10.2 Å². The van der Waals surface area contributed by atoms with Crippen LogP contribution in [0.15, 0.2) is 30.6 Å². The highest BCUT2D eigenvalue weighted by Crippen LogP contribution is 2.07. The molecule has 0 fully saturated rings. The van der Waals surface area contributed by atoms with Gasteiger partial charge in [-0.1, -0.05) is 6.07 Å². The first-order valence-corrected chi connectivity index (χ1v) is 6.61. The third-order valence-corrected chi connectivity index (χ3v) is 3.20. The van der Waals surface area contributed by atoms with E-state index in [-0.39, 0.29) is 5.91 Å². The molecule has 94 valence electrons. The zero-order valence-corrected chi connectivity index (χ0v) is 12.1. The molecular weight excluding hydrogens is 343 g/mol. The Labute approximate surface area is 119 Å². The average Bonchev–Trinajstić information content (AvgIpc) is 2.75. The molecule has 1 amide bonds. The molecule has 1 N–H and O–H groups in total. The van der Waals surface area contributed by atoms with Gasteiger partial charge in [0.15, 0.2) is 0 Å². The molecule has 0 aliphatic rings. The lowest BCUT2D eigenvalue weighted by Gasteiger charge is -2.05. The quantitative estimate of drug-likeness (QED) is 0.843. The number of nitrogens with zero attached hydrogens (tertiary/aromatic N) is 3. The van der Waals surface area contributed by atoms with E-state index >= 15 is 0 Å². The lowest BCUT2D eigenvalue weighted by Crippen LogP contribution is -2.26. The van der Waals surface area contributed by atoms with Gasteiger partial charge in [-0.25, -0.2) is 0 Å². The van der Waals surface area contributed by atoms with Crippen molar-refractivity contribution in [3.63, 3.8) is 0 Å². The van der Waals surface area contributed by atoms with Gasteiger partial charge in [0.05, 0.1) is 0 Å². The van der Waals surface area contributed by atoms with E-state index in [4.69, 9.17) is 0 Å². The molecule has 5 nitrogen and oxygen atoms in total. The van der Waals surface area contributed by atoms with Crippen LogP contribution in [0.25, 0.3) is 0 Å². The molecule has 0 unspecified atom stereocenters. The van der Waals surface area contributed by atoms with Crippen LogP contribution in [0.3, 0.4) is 0 Å². The highest BCUT2D eigenvalue weighted by atomic mass is 127. The smallest absolute Gasteiger partial charge is 0.251 e. The summed E-state index contributed by atoms with van der Waals surface area (Å²) in [5.41, 5.74) is 0.680. The Morgan fingerprint density at radius 1 is 1.50 bits per heavy atom. The van der Waals surface area contributed by atoms with Crippen LogP contribution in [0, 0.1) is 3.57 Å². The molecule has 1 aromatic heterocycles. The number of halogens is 1. The highest BCUT2D eigenvalue weighted by Gasteiger charge is 2.06. The Kier molecular flexibility index (Phi) is 4.29. The van der Waals surface area contributed by atoms with E-state index in [1.54, 1.807) is 12.4 Å². The molecule has 18 heavy (non-hydrogen) atoms. The van der Waals surface area contributed by atoms with Gasteiger partial charge in [-0.3, -0.25) is 4.79 Å². The maximum absolute atomic E-state index is 11.9. The van der Waals surface area contributed by atoms with Crippen LogP contribution in [0.4, 0.5) is 0 Å². The summed E-state index contributed by atoms with van der Waals surface area (Å²) in [7, 11) is 1.89. The lowest BCUT2D eigenvalue weighted by molar-refractivity contribution is 0.0954. The van der Waals surface area contributed by atoms with Crippen molar-refractivity contribution in [3.8, 4) is 0 Å². The van der Waals surface area contributed by atoms with E-state index in [2.05, 4.69) is 38.1 Å². The zero-order chi connectivity index (χ0) is 13.0. The first-order chi connectivity index (χ1) is 8.66. The Hall–Kier alpha value is -1.44. The molecule has 0 bridgehead atoms. The maximum atomic E-state index is 11.9. The lowest BCUT2D eigenvalue weighted by atomic mass is 10.2. The van der Waals surface area contributed by atoms with Gasteiger partial charge in [-0.2, -0.15) is 0 Å². The minimum Gasteiger partial charge on any atom is -0.352 e. The van der Waals surface area contributed by atoms with Gasteiger partial charge in [0.25, 0.3) is 5.91 Å². The molecule has 0 aliphatic carbocycles. The molecule has 0 atom stereocenters. The fourth-order valence-corrected chi connectivity index (χ4v) is 2.10. The number of aromatic nitrogens is 3. The van der Waals surface area contributed by atoms with Gasteiger partial charge < -0.3 is 9.88 Å². The van der Waals surface area contributed by atoms with Crippen LogP contribution >= 0.6 is 22.6 Å². The second-order valence-electron chi connectivity index (χ2n) is 3.87. The third-order valence-electron chi connectivity index (χ3n) is 2.53. The molecule has 6 heteroatoms. The summed E-state index contributed by atoms with van der Waals surface area (Å²) in [6, 6.07) is 7.49. The van der Waals surface area contributed by atoms with E-state index in [1.807, 2.05) is 29.8 Å². The monoisotopic (exact) mass is 356 g/mol. The van der Waals surface area contributed by atoms with Gasteiger partial charge >= 0.3 is 0 Å². The summed E-state index contributed by atoms with van der Waals surface area (Å²) in [4.78, 5) is 11.9. The van der Waals surface area contributed by atoms with Crippen molar-refractivity contribution in [3.05, 3.63) is 45.6 Å². The predicted molar refractivity (Wildman–Crippen MR) is 76.2 cm³/mol. The van der Waals surface area contributed by atoms with Crippen molar-refractivity contribution in [1.82, 2.24) is 20.1 Å². The predicted octanol–water partition coefficient (Wildman–Crippen LogP) is 1.39. The standard InChI is InChI=1S/C12H13IN4O/c1-17-8-15-16-11(17)5-6-14-12(18)9-3-2-4-10(13)7-9/h2-4,7-8H,5-6H2,1H3,(H,14,18). The van der Waals surface area contributed by atoms with E-state index in [0.29, 0.717) is 18.5 Å². The Balaban J connectivity index is 1.87. The third kappa shape index (κ3) is 3.28. The van der Waals surface area contributed by atoms with E-state index in [0.717, 1.165) is 9.39 Å². The van der Waals surface area contributed by atoms with Crippen molar-refractivity contribution in [2.45, 2.75) is 6.42 Å². The maximum Gasteiger partial charge on any atom is 0.251 e. The molecule has 0 saturated heterocycles. The number of aryl methyl sites for hydroxylation is 1. The molecule has 1 heterocycles. The SMILES string of the molecule is Cn1cnnc1CCNC(=O)c1cccc(I)c1. The van der Waals surface area contributed by atoms with Crippen LogP contribution in [0.5, 0.6) is 0 Å². The van der Waals surface area contributed by atoms with Crippen molar-refractivity contribution < 1.29 is 4.79 Å². The summed E-state index contributed by atoms with van der Waals surface area (Å²) in [5, 5.41) is 10.6. The summed E-state index contributed by atoms with van der Waals surface area (Å²) < 4.78 is 2.89. The Morgan fingerprint density at radius 2 is 2.33 bits per heavy atom. The molecule has 2 aromatic rings. The van der Waals surface area contributed by atoms with E-state index < -0.39 is 0 Å². The molecule has 0 aliphatic heterocycles. The average molecular weight is 356 g/mol. The minimum atomic E-state index is -0.0596. The molecule has 1 aromatic carbocycles. The number of nitrogens with one attached hydrogen (secondary N) is 1. The number of benzene rings is 1. The molecule has 2 rings (SSSR count). The fourth-order valence-electron chi connectivity index (χ4n) is 1.55. The number of hydrogen-bond acceptors (Lipinski definition) is 3. The van der Waals surface area contributed by atoms with Gasteiger partial charge in [0.2, 0.25) is 0 Å². The van der Waals surface area contributed by atoms with Crippen molar-refractivity contribution >= 4 is 28.5 Å². The van der Waals surface area contributed by atoms with Gasteiger partial charge in [0.1, 0.15) is 12.2 Å². The molecule has 0 saturated carbocycles. The Morgan fingerprint density at radius 3 is 3.00 bits per heavy atom. The van der Waals surface area contributed by atoms with Crippen molar-refractivity contribution in [2.24, 2.45) is 7.05 Å². The summed E-state index contributed by atoms with van der Waals surface area (Å²) >= 11 is 2.19. The molecule has 0 radical (unpaired) electrons.